The number of rotatable bonds is 2. The van der Waals surface area contributed by atoms with Crippen LogP contribution in [0.25, 0.3) is 0 Å². The van der Waals surface area contributed by atoms with E-state index in [1.54, 1.807) is 0 Å². The summed E-state index contributed by atoms with van der Waals surface area (Å²) in [5.41, 5.74) is 5.67. The first-order chi connectivity index (χ1) is 6.02. The average Bonchev–Trinajstić information content (AvgIpc) is 2.03. The fourth-order valence-electron chi connectivity index (χ4n) is 0.661. The van der Waals surface area contributed by atoms with Crippen molar-refractivity contribution in [2.24, 2.45) is 5.73 Å². The molecule has 1 atom stereocenters. The van der Waals surface area contributed by atoms with Crippen LogP contribution in [0.3, 0.4) is 0 Å². The Balaban J connectivity index is 3.08. The molecule has 0 aliphatic heterocycles. The first-order valence-electron chi connectivity index (χ1n) is 3.13. The molecule has 1 rings (SSSR count). The van der Waals surface area contributed by atoms with Crippen molar-refractivity contribution in [3.63, 3.8) is 0 Å². The second-order valence-electron chi connectivity index (χ2n) is 2.13. The number of alkyl halides is 1. The third kappa shape index (κ3) is 2.84. The summed E-state index contributed by atoms with van der Waals surface area (Å²) in [6, 6.07) is 0. The predicted octanol–water partition coefficient (Wildman–Crippen LogP) is 1.96. The summed E-state index contributed by atoms with van der Waals surface area (Å²) in [5, 5.41) is 0. The van der Waals surface area contributed by atoms with Gasteiger partial charge in [0.1, 0.15) is 13.1 Å². The molecule has 4 nitrogen and oxygen atoms in total. The van der Waals surface area contributed by atoms with Gasteiger partial charge in [0.05, 0.1) is 11.9 Å². The zero-order chi connectivity index (χ0) is 10.0. The monoisotopic (exact) mass is 419 g/mol. The van der Waals surface area contributed by atoms with Gasteiger partial charge in [-0.1, -0.05) is 22.6 Å². The fraction of sp³-hybridized carbons (Fsp3) is 0.167. The number of carbonyl (C=O) groups excluding carboxylic acids is 1. The van der Waals surface area contributed by atoms with Crippen LogP contribution in [0, 0.1) is 0 Å². The van der Waals surface area contributed by atoms with Crippen molar-refractivity contribution in [1.29, 1.82) is 0 Å². The minimum absolute atomic E-state index is 0.432. The van der Waals surface area contributed by atoms with Gasteiger partial charge in [-0.15, -0.1) is 0 Å². The van der Waals surface area contributed by atoms with E-state index in [-0.39, 0.29) is 0 Å². The van der Waals surface area contributed by atoms with Gasteiger partial charge in [-0.3, -0.25) is 9.78 Å². The van der Waals surface area contributed by atoms with E-state index in [9.17, 15) is 4.79 Å². The molecule has 2 N–H and O–H groups in total. The van der Waals surface area contributed by atoms with Crippen LogP contribution in [0.2, 0.25) is 0 Å². The second kappa shape index (κ2) is 4.65. The maximum atomic E-state index is 10.9. The number of hydrogen-bond donors (Lipinski definition) is 1. The highest BCUT2D eigenvalue weighted by molar-refractivity contribution is 14.1. The van der Waals surface area contributed by atoms with Crippen molar-refractivity contribution in [2.45, 2.75) is 3.92 Å². The Labute approximate surface area is 105 Å². The standard InChI is InChI=1S/C6H4Br2IN3O/c7-2-1-11-4(5(8)12-2)3(9)6(10)13/h1,3H,(H2,10,13). The molecule has 0 aliphatic carbocycles. The van der Waals surface area contributed by atoms with Crippen LogP contribution in [0.5, 0.6) is 0 Å². The van der Waals surface area contributed by atoms with Crippen molar-refractivity contribution >= 4 is 60.4 Å². The zero-order valence-corrected chi connectivity index (χ0v) is 11.5. The molecule has 0 fully saturated rings. The molecular weight excluding hydrogens is 417 g/mol. The van der Waals surface area contributed by atoms with E-state index in [1.807, 2.05) is 22.6 Å². The van der Waals surface area contributed by atoms with Gasteiger partial charge in [0.25, 0.3) is 0 Å². The Kier molecular flexibility index (Phi) is 4.05. The van der Waals surface area contributed by atoms with Crippen LogP contribution in [-0.4, -0.2) is 15.9 Å². The van der Waals surface area contributed by atoms with Crippen LogP contribution in [0.1, 0.15) is 9.62 Å². The SMILES string of the molecule is NC(=O)C(I)c1ncc(Br)nc1Br. The molecule has 1 aromatic heterocycles. The van der Waals surface area contributed by atoms with Crippen molar-refractivity contribution in [3.05, 3.63) is 21.1 Å². The zero-order valence-electron chi connectivity index (χ0n) is 6.17. The maximum absolute atomic E-state index is 10.9. The first kappa shape index (κ1) is 11.3. The maximum Gasteiger partial charge on any atom is 0.236 e. The Morgan fingerprint density at radius 3 is 2.69 bits per heavy atom. The molecule has 0 saturated heterocycles. The number of carbonyl (C=O) groups is 1. The summed E-state index contributed by atoms with van der Waals surface area (Å²) >= 11 is 8.27. The van der Waals surface area contributed by atoms with Crippen molar-refractivity contribution in [3.8, 4) is 0 Å². The molecule has 0 saturated carbocycles. The lowest BCUT2D eigenvalue weighted by atomic mass is 10.3. The average molecular weight is 421 g/mol. The number of aromatic nitrogens is 2. The molecule has 1 heterocycles. The van der Waals surface area contributed by atoms with Gasteiger partial charge in [0.15, 0.2) is 0 Å². The molecule has 0 aliphatic rings. The minimum Gasteiger partial charge on any atom is -0.368 e. The van der Waals surface area contributed by atoms with E-state index in [0.29, 0.717) is 14.9 Å². The molecule has 0 aromatic carbocycles. The number of primary amides is 1. The number of hydrogen-bond acceptors (Lipinski definition) is 3. The summed E-state index contributed by atoms with van der Waals surface area (Å²) in [4.78, 5) is 18.9. The lowest BCUT2D eigenvalue weighted by molar-refractivity contribution is -0.117. The van der Waals surface area contributed by atoms with E-state index in [1.165, 1.54) is 6.20 Å². The van der Waals surface area contributed by atoms with E-state index in [4.69, 9.17) is 5.73 Å². The Bertz CT molecular complexity index is 347. The summed E-state index contributed by atoms with van der Waals surface area (Å²) in [6.45, 7) is 0. The highest BCUT2D eigenvalue weighted by Gasteiger charge is 2.19. The molecule has 13 heavy (non-hydrogen) atoms. The number of nitrogens with two attached hydrogens (primary N) is 1. The molecule has 0 spiro atoms. The van der Waals surface area contributed by atoms with Crippen LogP contribution in [0.15, 0.2) is 15.4 Å². The molecule has 1 amide bonds. The van der Waals surface area contributed by atoms with Gasteiger partial charge in [-0.25, -0.2) is 4.98 Å². The van der Waals surface area contributed by atoms with Crippen molar-refractivity contribution in [2.75, 3.05) is 0 Å². The summed E-state index contributed by atoms with van der Waals surface area (Å²) in [5.74, 6) is -0.432. The summed E-state index contributed by atoms with van der Waals surface area (Å²) < 4.78 is 0.670. The minimum atomic E-state index is -0.465. The first-order valence-corrected chi connectivity index (χ1v) is 5.97. The molecule has 7 heteroatoms. The van der Waals surface area contributed by atoms with E-state index < -0.39 is 9.83 Å². The predicted molar refractivity (Wildman–Crippen MR) is 63.4 cm³/mol. The second-order valence-corrected chi connectivity index (χ2v) is 4.94. The largest absolute Gasteiger partial charge is 0.368 e. The van der Waals surface area contributed by atoms with Crippen LogP contribution in [-0.2, 0) is 4.79 Å². The molecule has 0 bridgehead atoms. The number of amides is 1. The molecule has 1 aromatic rings. The van der Waals surface area contributed by atoms with Gasteiger partial charge >= 0.3 is 0 Å². The van der Waals surface area contributed by atoms with Gasteiger partial charge in [-0.2, -0.15) is 0 Å². The molecule has 0 radical (unpaired) electrons. The van der Waals surface area contributed by atoms with Gasteiger partial charge in [-0.05, 0) is 31.9 Å². The third-order valence-electron chi connectivity index (χ3n) is 1.22. The van der Waals surface area contributed by atoms with Crippen LogP contribution < -0.4 is 5.73 Å². The smallest absolute Gasteiger partial charge is 0.236 e. The lowest BCUT2D eigenvalue weighted by Gasteiger charge is -2.06. The van der Waals surface area contributed by atoms with E-state index in [2.05, 4.69) is 41.8 Å². The summed E-state index contributed by atoms with van der Waals surface area (Å²) in [7, 11) is 0. The third-order valence-corrected chi connectivity index (χ3v) is 3.39. The Morgan fingerprint density at radius 2 is 2.23 bits per heavy atom. The lowest BCUT2D eigenvalue weighted by Crippen LogP contribution is -2.18. The van der Waals surface area contributed by atoms with Gasteiger partial charge < -0.3 is 5.73 Å². The topological polar surface area (TPSA) is 68.9 Å². The molecule has 1 unspecified atom stereocenters. The van der Waals surface area contributed by atoms with Gasteiger partial charge in [0.2, 0.25) is 5.91 Å². The normalized spacial score (nSPS) is 12.5. The quantitative estimate of drug-likeness (QED) is 0.587. The highest BCUT2D eigenvalue weighted by atomic mass is 127. The number of halogens is 3. The fourth-order valence-corrected chi connectivity index (χ4v) is 2.58. The highest BCUT2D eigenvalue weighted by Crippen LogP contribution is 2.27. The Hall–Kier alpha value is 0.240. The van der Waals surface area contributed by atoms with E-state index >= 15 is 0 Å². The van der Waals surface area contributed by atoms with Crippen LogP contribution >= 0.6 is 54.5 Å². The van der Waals surface area contributed by atoms with Crippen molar-refractivity contribution < 1.29 is 4.79 Å². The van der Waals surface area contributed by atoms with E-state index in [0.717, 1.165) is 0 Å². The van der Waals surface area contributed by atoms with Crippen molar-refractivity contribution in [1.82, 2.24) is 9.97 Å². The van der Waals surface area contributed by atoms with Gasteiger partial charge in [0, 0.05) is 0 Å². The molecule has 70 valence electrons. The number of nitrogens with zero attached hydrogens (tertiary/aromatic N) is 2. The van der Waals surface area contributed by atoms with Crippen LogP contribution in [0.4, 0.5) is 0 Å². The Morgan fingerprint density at radius 1 is 1.62 bits per heavy atom. The summed E-state index contributed by atoms with van der Waals surface area (Å²) in [6.07, 6.45) is 1.52. The molecular formula is C6H4Br2IN3O.